The number of allylic oxidation sites excluding steroid dienone is 2. The molecule has 0 unspecified atom stereocenters. The molecule has 1 heterocycles. The number of rotatable bonds is 4. The lowest BCUT2D eigenvalue weighted by atomic mass is 10.1. The summed E-state index contributed by atoms with van der Waals surface area (Å²) in [5, 5.41) is 7.30. The van der Waals surface area contributed by atoms with E-state index in [4.69, 9.17) is 4.74 Å². The zero-order valence-corrected chi connectivity index (χ0v) is 8.87. The van der Waals surface area contributed by atoms with Crippen LogP contribution in [0.1, 0.15) is 12.8 Å². The van der Waals surface area contributed by atoms with Gasteiger partial charge in [0.25, 0.3) is 0 Å². The van der Waals surface area contributed by atoms with Gasteiger partial charge in [-0.05, 0) is 18.4 Å². The van der Waals surface area contributed by atoms with Gasteiger partial charge in [-0.15, -0.1) is 5.10 Å². The number of hydrogen-bond donors (Lipinski definition) is 0. The first-order chi connectivity index (χ1) is 7.84. The Kier molecular flexibility index (Phi) is 3.48. The monoisotopic (exact) mass is 219 g/mol. The largest absolute Gasteiger partial charge is 0.459 e. The van der Waals surface area contributed by atoms with Gasteiger partial charge in [-0.3, -0.25) is 4.79 Å². The molecule has 0 saturated carbocycles. The molecule has 1 aliphatic rings. The van der Waals surface area contributed by atoms with Crippen LogP contribution in [0.3, 0.4) is 0 Å². The van der Waals surface area contributed by atoms with Gasteiger partial charge in [0.2, 0.25) is 0 Å². The van der Waals surface area contributed by atoms with Crippen LogP contribution in [0.5, 0.6) is 0 Å². The highest BCUT2D eigenvalue weighted by Crippen LogP contribution is 2.09. The predicted molar refractivity (Wildman–Crippen MR) is 57.4 cm³/mol. The fourth-order valence-corrected chi connectivity index (χ4v) is 1.43. The van der Waals surface area contributed by atoms with Crippen LogP contribution in [0.2, 0.25) is 0 Å². The van der Waals surface area contributed by atoms with Gasteiger partial charge in [-0.2, -0.15) is 0 Å². The Balaban J connectivity index is 1.75. The molecule has 0 N–H and O–H groups in total. The molecule has 1 aliphatic carbocycles. The number of aromatic nitrogens is 3. The smallest absolute Gasteiger partial charge is 0.328 e. The Hall–Kier alpha value is -1.91. The molecule has 5 heteroatoms. The van der Waals surface area contributed by atoms with Gasteiger partial charge < -0.3 is 4.74 Å². The van der Waals surface area contributed by atoms with Crippen molar-refractivity contribution in [1.29, 1.82) is 0 Å². The molecule has 5 nitrogen and oxygen atoms in total. The second-order valence-corrected chi connectivity index (χ2v) is 3.52. The molecule has 0 aromatic carbocycles. The Morgan fingerprint density at radius 2 is 2.44 bits per heavy atom. The maximum atomic E-state index is 11.4. The van der Waals surface area contributed by atoms with Gasteiger partial charge in [-0.1, -0.05) is 23.4 Å². The van der Waals surface area contributed by atoms with E-state index in [-0.39, 0.29) is 12.5 Å². The zero-order valence-electron chi connectivity index (χ0n) is 8.87. The number of hydrogen-bond acceptors (Lipinski definition) is 4. The first-order valence-corrected chi connectivity index (χ1v) is 5.20. The van der Waals surface area contributed by atoms with E-state index in [0.29, 0.717) is 6.61 Å². The molecule has 84 valence electrons. The molecule has 0 fully saturated rings. The van der Waals surface area contributed by atoms with Crippen LogP contribution in [0.4, 0.5) is 0 Å². The predicted octanol–water partition coefficient (Wildman–Crippen LogP) is 1.10. The van der Waals surface area contributed by atoms with E-state index >= 15 is 0 Å². The van der Waals surface area contributed by atoms with Crippen LogP contribution < -0.4 is 0 Å². The molecule has 0 atom stereocenters. The zero-order chi connectivity index (χ0) is 11.2. The summed E-state index contributed by atoms with van der Waals surface area (Å²) >= 11 is 0. The van der Waals surface area contributed by atoms with E-state index in [0.717, 1.165) is 18.4 Å². The van der Waals surface area contributed by atoms with E-state index in [1.165, 1.54) is 10.9 Å². The Morgan fingerprint density at radius 1 is 1.50 bits per heavy atom. The number of esters is 1. The summed E-state index contributed by atoms with van der Waals surface area (Å²) < 4.78 is 6.55. The van der Waals surface area contributed by atoms with Crippen molar-refractivity contribution in [3.8, 4) is 0 Å². The molecule has 1 aromatic heterocycles. The fraction of sp³-hybridized carbons (Fsp3) is 0.364. The fourth-order valence-electron chi connectivity index (χ4n) is 1.43. The van der Waals surface area contributed by atoms with Crippen LogP contribution in [0.25, 0.3) is 0 Å². The third-order valence-electron chi connectivity index (χ3n) is 2.23. The molecule has 16 heavy (non-hydrogen) atoms. The average Bonchev–Trinajstić information content (AvgIpc) is 2.81. The van der Waals surface area contributed by atoms with Crippen molar-refractivity contribution in [2.24, 2.45) is 0 Å². The van der Waals surface area contributed by atoms with Crippen molar-refractivity contribution in [2.75, 3.05) is 6.61 Å². The standard InChI is InChI=1S/C11H13N3O2/c15-11(8-14-7-6-12-13-14)16-9-10-4-2-1-3-5-10/h2,4-7H,1,3,8-9H2. The highest BCUT2D eigenvalue weighted by molar-refractivity contribution is 5.69. The van der Waals surface area contributed by atoms with Crippen LogP contribution in [-0.2, 0) is 16.1 Å². The maximum Gasteiger partial charge on any atom is 0.328 e. The number of ether oxygens (including phenoxy) is 1. The van der Waals surface area contributed by atoms with E-state index in [9.17, 15) is 4.79 Å². The molecule has 0 radical (unpaired) electrons. The summed E-state index contributed by atoms with van der Waals surface area (Å²) in [4.78, 5) is 11.4. The molecule has 1 aromatic rings. The van der Waals surface area contributed by atoms with Crippen molar-refractivity contribution >= 4 is 5.97 Å². The summed E-state index contributed by atoms with van der Waals surface area (Å²) in [6.07, 6.45) is 11.4. The van der Waals surface area contributed by atoms with Gasteiger partial charge >= 0.3 is 5.97 Å². The van der Waals surface area contributed by atoms with Crippen LogP contribution in [0, 0.1) is 0 Å². The van der Waals surface area contributed by atoms with Crippen molar-refractivity contribution in [3.63, 3.8) is 0 Å². The maximum absolute atomic E-state index is 11.4. The van der Waals surface area contributed by atoms with Crippen molar-refractivity contribution in [2.45, 2.75) is 19.4 Å². The molecule has 0 bridgehead atoms. The quantitative estimate of drug-likeness (QED) is 0.711. The third kappa shape index (κ3) is 3.05. The lowest BCUT2D eigenvalue weighted by Crippen LogP contribution is -2.15. The van der Waals surface area contributed by atoms with Gasteiger partial charge in [0.15, 0.2) is 0 Å². The van der Waals surface area contributed by atoms with Crippen molar-refractivity contribution in [1.82, 2.24) is 15.0 Å². The molecular weight excluding hydrogens is 206 g/mol. The SMILES string of the molecule is O=C(Cn1ccnn1)OCC1=CCCC=C1. The van der Waals surface area contributed by atoms with Crippen molar-refractivity contribution in [3.05, 3.63) is 36.2 Å². The number of carbonyl (C=O) groups is 1. The van der Waals surface area contributed by atoms with E-state index in [1.807, 2.05) is 6.08 Å². The average molecular weight is 219 g/mol. The Labute approximate surface area is 93.4 Å². The summed E-state index contributed by atoms with van der Waals surface area (Å²) in [7, 11) is 0. The van der Waals surface area contributed by atoms with Gasteiger partial charge in [0, 0.05) is 6.20 Å². The summed E-state index contributed by atoms with van der Waals surface area (Å²) in [6.45, 7) is 0.445. The number of nitrogens with zero attached hydrogens (tertiary/aromatic N) is 3. The minimum absolute atomic E-state index is 0.108. The van der Waals surface area contributed by atoms with Gasteiger partial charge in [0.05, 0.1) is 6.20 Å². The molecular formula is C11H13N3O2. The molecule has 0 saturated heterocycles. The van der Waals surface area contributed by atoms with Gasteiger partial charge in [-0.25, -0.2) is 4.68 Å². The second-order valence-electron chi connectivity index (χ2n) is 3.52. The van der Waals surface area contributed by atoms with Crippen LogP contribution >= 0.6 is 0 Å². The molecule has 0 spiro atoms. The van der Waals surface area contributed by atoms with E-state index in [2.05, 4.69) is 22.5 Å². The van der Waals surface area contributed by atoms with Crippen LogP contribution in [0.15, 0.2) is 36.2 Å². The normalized spacial score (nSPS) is 14.6. The molecule has 2 rings (SSSR count). The minimum Gasteiger partial charge on any atom is -0.459 e. The second kappa shape index (κ2) is 5.25. The summed E-state index contributed by atoms with van der Waals surface area (Å²) in [5.41, 5.74) is 1.05. The van der Waals surface area contributed by atoms with E-state index < -0.39 is 0 Å². The topological polar surface area (TPSA) is 57.0 Å². The number of carbonyl (C=O) groups excluding carboxylic acids is 1. The lowest BCUT2D eigenvalue weighted by Gasteiger charge is -2.08. The Morgan fingerprint density at radius 3 is 3.12 bits per heavy atom. The first-order valence-electron chi connectivity index (χ1n) is 5.20. The highest BCUT2D eigenvalue weighted by atomic mass is 16.5. The Bertz CT molecular complexity index is 407. The van der Waals surface area contributed by atoms with Crippen LogP contribution in [-0.4, -0.2) is 27.6 Å². The van der Waals surface area contributed by atoms with E-state index in [1.54, 1.807) is 6.20 Å². The first kappa shape index (κ1) is 10.6. The summed E-state index contributed by atoms with van der Waals surface area (Å²) in [6, 6.07) is 0. The molecule has 0 amide bonds. The minimum atomic E-state index is -0.301. The van der Waals surface area contributed by atoms with Gasteiger partial charge in [0.1, 0.15) is 13.2 Å². The molecule has 0 aliphatic heterocycles. The van der Waals surface area contributed by atoms with Crippen molar-refractivity contribution < 1.29 is 9.53 Å². The highest BCUT2D eigenvalue weighted by Gasteiger charge is 2.06. The third-order valence-corrected chi connectivity index (χ3v) is 2.23. The lowest BCUT2D eigenvalue weighted by molar-refractivity contribution is -0.143. The summed E-state index contributed by atoms with van der Waals surface area (Å²) in [5.74, 6) is -0.301.